The van der Waals surface area contributed by atoms with Crippen LogP contribution in [-0.2, 0) is 11.3 Å². The summed E-state index contributed by atoms with van der Waals surface area (Å²) in [7, 11) is 0. The van der Waals surface area contributed by atoms with Gasteiger partial charge in [0.1, 0.15) is 6.54 Å². The molecule has 0 radical (unpaired) electrons. The Morgan fingerprint density at radius 3 is 2.67 bits per heavy atom. The predicted molar refractivity (Wildman–Crippen MR) is 83.8 cm³/mol. The van der Waals surface area contributed by atoms with E-state index in [0.29, 0.717) is 13.1 Å². The van der Waals surface area contributed by atoms with Gasteiger partial charge in [-0.25, -0.2) is 0 Å². The molecule has 2 heterocycles. The van der Waals surface area contributed by atoms with Crippen molar-refractivity contribution in [3.8, 4) is 0 Å². The van der Waals surface area contributed by atoms with E-state index in [4.69, 9.17) is 0 Å². The Morgan fingerprint density at radius 1 is 1.38 bits per heavy atom. The van der Waals surface area contributed by atoms with E-state index in [-0.39, 0.29) is 11.4 Å². The lowest BCUT2D eigenvalue weighted by atomic mass is 10.1. The summed E-state index contributed by atoms with van der Waals surface area (Å²) < 4.78 is 0. The minimum Gasteiger partial charge on any atom is -0.330 e. The minimum atomic E-state index is -0.243. The number of hydrazone groups is 1. The van der Waals surface area contributed by atoms with Crippen molar-refractivity contribution in [3.63, 3.8) is 0 Å². The van der Waals surface area contributed by atoms with Crippen LogP contribution in [0.4, 0.5) is 0 Å². The molecule has 5 heteroatoms. The Balaban J connectivity index is 2.07. The average Bonchev–Trinajstić information content (AvgIpc) is 2.81. The number of hydrogen-bond acceptors (Lipinski definition) is 4. The molecule has 0 spiro atoms. The van der Waals surface area contributed by atoms with Crippen molar-refractivity contribution in [2.45, 2.75) is 46.2 Å². The van der Waals surface area contributed by atoms with Gasteiger partial charge in [0.05, 0.1) is 12.2 Å². The van der Waals surface area contributed by atoms with Crippen LogP contribution in [-0.4, -0.2) is 45.1 Å². The third kappa shape index (κ3) is 4.28. The van der Waals surface area contributed by atoms with Crippen LogP contribution in [0.2, 0.25) is 0 Å². The fourth-order valence-corrected chi connectivity index (χ4v) is 2.34. The number of pyridine rings is 1. The Hall–Kier alpha value is -1.91. The molecule has 1 amide bonds. The summed E-state index contributed by atoms with van der Waals surface area (Å²) in [6, 6.07) is 5.78. The molecule has 21 heavy (non-hydrogen) atoms. The second-order valence-corrected chi connectivity index (χ2v) is 6.45. The first kappa shape index (κ1) is 15.5. The topological polar surface area (TPSA) is 48.8 Å². The van der Waals surface area contributed by atoms with Crippen molar-refractivity contribution in [3.05, 3.63) is 30.1 Å². The molecule has 0 aromatic carbocycles. The number of amides is 1. The molecule has 0 bridgehead atoms. The van der Waals surface area contributed by atoms with Crippen molar-refractivity contribution in [2.24, 2.45) is 5.10 Å². The lowest BCUT2D eigenvalue weighted by Gasteiger charge is -2.36. The van der Waals surface area contributed by atoms with Crippen LogP contribution in [0.1, 0.15) is 39.8 Å². The van der Waals surface area contributed by atoms with Gasteiger partial charge >= 0.3 is 0 Å². The van der Waals surface area contributed by atoms with Gasteiger partial charge in [-0.05, 0) is 39.8 Å². The first-order valence-electron chi connectivity index (χ1n) is 7.35. The molecule has 1 aliphatic heterocycles. The van der Waals surface area contributed by atoms with Crippen LogP contribution >= 0.6 is 0 Å². The van der Waals surface area contributed by atoms with E-state index in [1.165, 1.54) is 0 Å². The van der Waals surface area contributed by atoms with Gasteiger partial charge in [-0.1, -0.05) is 6.07 Å². The van der Waals surface area contributed by atoms with Crippen LogP contribution in [0.3, 0.4) is 0 Å². The normalized spacial score (nSPS) is 15.0. The highest BCUT2D eigenvalue weighted by Gasteiger charge is 2.28. The SMILES string of the molecule is CC1=NN(CC(=O)N(Cc2ccccn2)C(C)(C)C)CC1. The number of nitrogens with zero attached hydrogens (tertiary/aromatic N) is 4. The summed E-state index contributed by atoms with van der Waals surface area (Å²) in [6.45, 7) is 9.84. The monoisotopic (exact) mass is 288 g/mol. The molecule has 1 aromatic heterocycles. The van der Waals surface area contributed by atoms with E-state index in [1.807, 2.05) is 55.8 Å². The maximum Gasteiger partial charge on any atom is 0.244 e. The molecule has 114 valence electrons. The van der Waals surface area contributed by atoms with E-state index in [1.54, 1.807) is 6.20 Å². The van der Waals surface area contributed by atoms with E-state index in [2.05, 4.69) is 10.1 Å². The van der Waals surface area contributed by atoms with E-state index < -0.39 is 0 Å². The second kappa shape index (κ2) is 6.24. The van der Waals surface area contributed by atoms with Crippen molar-refractivity contribution in [1.29, 1.82) is 0 Å². The number of carbonyl (C=O) groups is 1. The van der Waals surface area contributed by atoms with Gasteiger partial charge in [-0.15, -0.1) is 0 Å². The quantitative estimate of drug-likeness (QED) is 0.854. The van der Waals surface area contributed by atoms with Gasteiger partial charge in [0.25, 0.3) is 0 Å². The predicted octanol–water partition coefficient (Wildman–Crippen LogP) is 2.29. The molecule has 2 rings (SSSR count). The molecule has 1 aromatic rings. The van der Waals surface area contributed by atoms with Crippen molar-refractivity contribution in [2.75, 3.05) is 13.1 Å². The van der Waals surface area contributed by atoms with Crippen LogP contribution in [0.5, 0.6) is 0 Å². The summed E-state index contributed by atoms with van der Waals surface area (Å²) in [4.78, 5) is 18.8. The van der Waals surface area contributed by atoms with Gasteiger partial charge in [0, 0.05) is 30.4 Å². The number of carbonyl (C=O) groups excluding carboxylic acids is 1. The van der Waals surface area contributed by atoms with Gasteiger partial charge in [0.15, 0.2) is 0 Å². The lowest BCUT2D eigenvalue weighted by Crippen LogP contribution is -2.48. The summed E-state index contributed by atoms with van der Waals surface area (Å²) in [5.74, 6) is 0.0894. The molecular formula is C16H24N4O. The maximum absolute atomic E-state index is 12.6. The Bertz CT molecular complexity index is 519. The van der Waals surface area contributed by atoms with Gasteiger partial charge in [-0.2, -0.15) is 5.10 Å². The smallest absolute Gasteiger partial charge is 0.244 e. The molecule has 0 aliphatic carbocycles. The zero-order valence-electron chi connectivity index (χ0n) is 13.3. The highest BCUT2D eigenvalue weighted by atomic mass is 16.2. The van der Waals surface area contributed by atoms with Gasteiger partial charge in [-0.3, -0.25) is 14.8 Å². The average molecular weight is 288 g/mol. The molecule has 0 saturated heterocycles. The molecule has 0 atom stereocenters. The van der Waals surface area contributed by atoms with E-state index in [9.17, 15) is 4.79 Å². The fraction of sp³-hybridized carbons (Fsp3) is 0.562. The molecule has 0 saturated carbocycles. The second-order valence-electron chi connectivity index (χ2n) is 6.45. The van der Waals surface area contributed by atoms with Crippen molar-refractivity contribution in [1.82, 2.24) is 14.9 Å². The highest BCUT2D eigenvalue weighted by Crippen LogP contribution is 2.18. The van der Waals surface area contributed by atoms with Gasteiger partial charge < -0.3 is 4.90 Å². The summed E-state index contributed by atoms with van der Waals surface area (Å²) in [5.41, 5.74) is 1.75. The van der Waals surface area contributed by atoms with E-state index >= 15 is 0 Å². The van der Waals surface area contributed by atoms with Crippen LogP contribution in [0.25, 0.3) is 0 Å². The summed E-state index contributed by atoms with van der Waals surface area (Å²) in [5, 5.41) is 6.24. The summed E-state index contributed by atoms with van der Waals surface area (Å²) >= 11 is 0. The first-order chi connectivity index (χ1) is 9.86. The maximum atomic E-state index is 12.6. The van der Waals surface area contributed by atoms with Crippen LogP contribution in [0, 0.1) is 0 Å². The number of rotatable bonds is 4. The molecule has 0 unspecified atom stereocenters. The van der Waals surface area contributed by atoms with E-state index in [0.717, 1.165) is 24.4 Å². The largest absolute Gasteiger partial charge is 0.330 e. The summed E-state index contributed by atoms with van der Waals surface area (Å²) in [6.07, 6.45) is 2.71. The van der Waals surface area contributed by atoms with Crippen LogP contribution in [0.15, 0.2) is 29.5 Å². The van der Waals surface area contributed by atoms with Crippen molar-refractivity contribution < 1.29 is 4.79 Å². The Kier molecular flexibility index (Phi) is 4.60. The molecular weight excluding hydrogens is 264 g/mol. The highest BCUT2D eigenvalue weighted by molar-refractivity contribution is 5.84. The standard InChI is InChI=1S/C16H24N4O/c1-13-8-10-19(18-13)12-15(21)20(16(2,3)4)11-14-7-5-6-9-17-14/h5-7,9H,8,10-12H2,1-4H3. The fourth-order valence-electron chi connectivity index (χ4n) is 2.34. The zero-order chi connectivity index (χ0) is 15.5. The third-order valence-electron chi connectivity index (χ3n) is 3.52. The zero-order valence-corrected chi connectivity index (χ0v) is 13.3. The number of aromatic nitrogens is 1. The molecule has 5 nitrogen and oxygen atoms in total. The Labute approximate surface area is 126 Å². The molecule has 0 N–H and O–H groups in total. The third-order valence-corrected chi connectivity index (χ3v) is 3.52. The molecule has 1 aliphatic rings. The van der Waals surface area contributed by atoms with Gasteiger partial charge in [0.2, 0.25) is 5.91 Å². The molecule has 0 fully saturated rings. The Morgan fingerprint density at radius 2 is 2.14 bits per heavy atom. The van der Waals surface area contributed by atoms with Crippen molar-refractivity contribution >= 4 is 11.6 Å². The van der Waals surface area contributed by atoms with Crippen LogP contribution < -0.4 is 0 Å². The lowest BCUT2D eigenvalue weighted by molar-refractivity contribution is -0.138. The number of hydrogen-bond donors (Lipinski definition) is 0. The first-order valence-corrected chi connectivity index (χ1v) is 7.35. The minimum absolute atomic E-state index is 0.0894.